The van der Waals surface area contributed by atoms with Gasteiger partial charge in [0.15, 0.2) is 6.29 Å². The van der Waals surface area contributed by atoms with Gasteiger partial charge in [-0.3, -0.25) is 0 Å². The molecule has 152 valence electrons. The molecule has 7 heteroatoms. The average molecular weight is 455 g/mol. The van der Waals surface area contributed by atoms with Gasteiger partial charge in [0.25, 0.3) is 5.92 Å². The zero-order valence-electron chi connectivity index (χ0n) is 15.9. The smallest absolute Gasteiger partial charge is 0.250 e. The van der Waals surface area contributed by atoms with Gasteiger partial charge in [-0.2, -0.15) is 0 Å². The van der Waals surface area contributed by atoms with Gasteiger partial charge in [0.1, 0.15) is 5.65 Å². The summed E-state index contributed by atoms with van der Waals surface area (Å²) in [5, 5.41) is 20.4. The molecular weight excluding hydrogens is 430 g/mol. The highest BCUT2D eigenvalue weighted by Crippen LogP contribution is 2.41. The van der Waals surface area contributed by atoms with Gasteiger partial charge in [0.2, 0.25) is 0 Å². The minimum Gasteiger partial charge on any atom is -0.364 e. The van der Waals surface area contributed by atoms with Crippen LogP contribution >= 0.6 is 15.9 Å². The van der Waals surface area contributed by atoms with Crippen LogP contribution in [-0.2, 0) is 13.5 Å². The van der Waals surface area contributed by atoms with Gasteiger partial charge in [0, 0.05) is 59.5 Å². The lowest BCUT2D eigenvalue weighted by atomic mass is 9.82. The predicted molar refractivity (Wildman–Crippen MR) is 108 cm³/mol. The Kier molecular flexibility index (Phi) is 6.74. The summed E-state index contributed by atoms with van der Waals surface area (Å²) in [5.74, 6) is 3.34. The Morgan fingerprint density at radius 3 is 2.68 bits per heavy atom. The molecule has 0 bridgehead atoms. The summed E-state index contributed by atoms with van der Waals surface area (Å²) in [7, 11) is 1.89. The average Bonchev–Trinajstić information content (AvgIpc) is 2.87. The van der Waals surface area contributed by atoms with E-state index in [1.54, 1.807) is 6.20 Å². The summed E-state index contributed by atoms with van der Waals surface area (Å²) in [6.45, 7) is 0. The molecule has 2 N–H and O–H groups in total. The second kappa shape index (κ2) is 8.89. The number of aliphatic hydroxyl groups is 2. The lowest BCUT2D eigenvalue weighted by molar-refractivity contribution is -0.0937. The molecule has 0 saturated heterocycles. The fraction of sp³-hybridized carbons (Fsp3) is 0.571. The van der Waals surface area contributed by atoms with Crippen LogP contribution in [0, 0.1) is 17.8 Å². The molecule has 0 unspecified atom stereocenters. The van der Waals surface area contributed by atoms with E-state index in [0.29, 0.717) is 5.56 Å². The molecule has 0 atom stereocenters. The van der Waals surface area contributed by atoms with Gasteiger partial charge in [-0.15, -0.1) is 5.92 Å². The summed E-state index contributed by atoms with van der Waals surface area (Å²) >= 11 is 3.38. The maximum Gasteiger partial charge on any atom is 0.250 e. The Bertz CT molecular complexity index is 891. The van der Waals surface area contributed by atoms with Gasteiger partial charge >= 0.3 is 0 Å². The Balaban J connectivity index is 1.47. The van der Waals surface area contributed by atoms with Gasteiger partial charge < -0.3 is 14.8 Å². The largest absolute Gasteiger partial charge is 0.364 e. The third-order valence-electron chi connectivity index (χ3n) is 5.28. The van der Waals surface area contributed by atoms with Crippen molar-refractivity contribution in [1.82, 2.24) is 9.55 Å². The number of hydrogen-bond donors (Lipinski definition) is 2. The van der Waals surface area contributed by atoms with Gasteiger partial charge in [0.05, 0.1) is 0 Å². The molecule has 0 amide bonds. The Hall–Kier alpha value is -1.49. The number of aliphatic hydroxyl groups excluding tert-OH is 1. The molecule has 2 aromatic heterocycles. The van der Waals surface area contributed by atoms with Crippen molar-refractivity contribution in [1.29, 1.82) is 0 Å². The van der Waals surface area contributed by atoms with Crippen LogP contribution in [0.3, 0.4) is 0 Å². The van der Waals surface area contributed by atoms with Gasteiger partial charge in [-0.05, 0) is 41.3 Å². The maximum atomic E-state index is 12.7. The third-order valence-corrected chi connectivity index (χ3v) is 5.71. The lowest BCUT2D eigenvalue weighted by Gasteiger charge is -2.31. The normalized spacial score (nSPS) is 16.2. The number of halogens is 3. The van der Waals surface area contributed by atoms with E-state index in [9.17, 15) is 19.0 Å². The topological polar surface area (TPSA) is 58.3 Å². The van der Waals surface area contributed by atoms with Crippen molar-refractivity contribution >= 4 is 27.0 Å². The Morgan fingerprint density at radius 2 is 2.00 bits per heavy atom. The molecular formula is C21H25BrF2N2O2. The molecule has 3 rings (SSSR count). The summed E-state index contributed by atoms with van der Waals surface area (Å²) in [4.78, 5) is 4.39. The summed E-state index contributed by atoms with van der Waals surface area (Å²) in [6, 6.07) is 1.86. The van der Waals surface area contributed by atoms with Crippen LogP contribution < -0.4 is 0 Å². The molecule has 1 fully saturated rings. The fourth-order valence-electron chi connectivity index (χ4n) is 3.79. The number of unbranched alkanes of at least 4 members (excludes halogenated alkanes) is 4. The fourth-order valence-corrected chi connectivity index (χ4v) is 4.12. The number of nitrogens with zero attached hydrogens (tertiary/aromatic N) is 2. The standard InChI is InChI=1S/C21H25BrF2N2O2/c1-26-17(18(20(27)28)16-10-15(22)13-25-19(16)26)9-7-5-3-2-4-6-8-14-11-21(23,24)12-14/h10,13-14,20,27-28H,2-5,7,9,11-12H2,1H3. The summed E-state index contributed by atoms with van der Waals surface area (Å²) in [5.41, 5.74) is 2.15. The first kappa shape index (κ1) is 21.2. The number of aromatic nitrogens is 2. The molecule has 1 aliphatic carbocycles. The monoisotopic (exact) mass is 454 g/mol. The van der Waals surface area contributed by atoms with Crippen molar-refractivity contribution in [2.45, 2.75) is 63.6 Å². The molecule has 2 heterocycles. The minimum absolute atomic E-state index is 0.0878. The van der Waals surface area contributed by atoms with E-state index in [4.69, 9.17) is 0 Å². The van der Waals surface area contributed by atoms with Crippen LogP contribution in [0.4, 0.5) is 8.78 Å². The Labute approximate surface area is 172 Å². The first-order valence-electron chi connectivity index (χ1n) is 9.63. The number of hydrogen-bond acceptors (Lipinski definition) is 3. The van der Waals surface area contributed by atoms with Crippen molar-refractivity contribution in [3.05, 3.63) is 28.0 Å². The first-order valence-corrected chi connectivity index (χ1v) is 10.4. The highest BCUT2D eigenvalue weighted by molar-refractivity contribution is 9.10. The van der Waals surface area contributed by atoms with Crippen molar-refractivity contribution in [2.75, 3.05) is 0 Å². The van der Waals surface area contributed by atoms with Crippen molar-refractivity contribution in [3.63, 3.8) is 0 Å². The van der Waals surface area contributed by atoms with Crippen LogP contribution in [-0.4, -0.2) is 25.7 Å². The van der Waals surface area contributed by atoms with E-state index in [-0.39, 0.29) is 18.8 Å². The number of aryl methyl sites for hydroxylation is 1. The van der Waals surface area contributed by atoms with Gasteiger partial charge in [-0.1, -0.05) is 18.8 Å². The second-order valence-corrected chi connectivity index (χ2v) is 8.43. The third kappa shape index (κ3) is 4.91. The second-order valence-electron chi connectivity index (χ2n) is 7.51. The molecule has 0 aliphatic heterocycles. The highest BCUT2D eigenvalue weighted by Gasteiger charge is 2.44. The molecule has 1 saturated carbocycles. The minimum atomic E-state index is -2.49. The predicted octanol–water partition coefficient (Wildman–Crippen LogP) is 4.86. The van der Waals surface area contributed by atoms with E-state index >= 15 is 0 Å². The van der Waals surface area contributed by atoms with E-state index in [0.717, 1.165) is 59.7 Å². The van der Waals surface area contributed by atoms with Crippen molar-refractivity contribution in [3.8, 4) is 11.8 Å². The molecule has 28 heavy (non-hydrogen) atoms. The van der Waals surface area contributed by atoms with Crippen molar-refractivity contribution in [2.24, 2.45) is 13.0 Å². The van der Waals surface area contributed by atoms with Gasteiger partial charge in [-0.25, -0.2) is 13.8 Å². The molecule has 0 spiro atoms. The first-order chi connectivity index (χ1) is 13.3. The number of rotatable bonds is 7. The van der Waals surface area contributed by atoms with Crippen LogP contribution in [0.15, 0.2) is 16.7 Å². The summed E-state index contributed by atoms with van der Waals surface area (Å²) < 4.78 is 28.2. The molecule has 4 nitrogen and oxygen atoms in total. The van der Waals surface area contributed by atoms with Crippen LogP contribution in [0.2, 0.25) is 0 Å². The number of pyridine rings is 1. The van der Waals surface area contributed by atoms with E-state index in [1.165, 1.54) is 0 Å². The number of alkyl halides is 2. The SMILES string of the molecule is Cn1c(CCCCCCC#CC2CC(F)(F)C2)c(C(O)O)c2cc(Br)cnc21. The van der Waals surface area contributed by atoms with E-state index < -0.39 is 12.2 Å². The zero-order chi connectivity index (χ0) is 20.3. The molecule has 0 aromatic carbocycles. The van der Waals surface area contributed by atoms with Crippen molar-refractivity contribution < 1.29 is 19.0 Å². The van der Waals surface area contributed by atoms with E-state index in [2.05, 4.69) is 32.8 Å². The molecule has 0 radical (unpaired) electrons. The van der Waals surface area contributed by atoms with Crippen LogP contribution in [0.25, 0.3) is 11.0 Å². The zero-order valence-corrected chi connectivity index (χ0v) is 17.5. The van der Waals surface area contributed by atoms with Crippen LogP contribution in [0.1, 0.15) is 62.5 Å². The quantitative estimate of drug-likeness (QED) is 0.356. The van der Waals surface area contributed by atoms with Crippen LogP contribution in [0.5, 0.6) is 0 Å². The lowest BCUT2D eigenvalue weighted by Crippen LogP contribution is -2.34. The highest BCUT2D eigenvalue weighted by atomic mass is 79.9. The maximum absolute atomic E-state index is 12.7. The number of fused-ring (bicyclic) bond motifs is 1. The molecule has 1 aliphatic rings. The summed E-state index contributed by atoms with van der Waals surface area (Å²) in [6.07, 6.45) is 5.36. The van der Waals surface area contributed by atoms with E-state index in [1.807, 2.05) is 17.7 Å². The molecule has 2 aromatic rings. The Morgan fingerprint density at radius 1 is 1.29 bits per heavy atom.